The Hall–Kier alpha value is -0.440. The Morgan fingerprint density at radius 1 is 1.43 bits per heavy atom. The zero-order valence-corrected chi connectivity index (χ0v) is 9.53. The van der Waals surface area contributed by atoms with Crippen molar-refractivity contribution in [2.75, 3.05) is 19.7 Å². The molecule has 0 spiro atoms. The molecule has 0 fully saturated rings. The number of methoxy groups -OCH3 is 1. The van der Waals surface area contributed by atoms with E-state index in [0.717, 1.165) is 29.3 Å². The monoisotopic (exact) mass is 233 g/mol. The molecule has 14 heavy (non-hydrogen) atoms. The summed E-state index contributed by atoms with van der Waals surface area (Å²) in [7, 11) is 1.63. The predicted molar refractivity (Wildman–Crippen MR) is 60.4 cm³/mol. The van der Waals surface area contributed by atoms with Crippen molar-refractivity contribution in [3.63, 3.8) is 0 Å². The lowest BCUT2D eigenvalue weighted by Crippen LogP contribution is -2.14. The van der Waals surface area contributed by atoms with Gasteiger partial charge in [-0.05, 0) is 24.1 Å². The lowest BCUT2D eigenvalue weighted by Gasteiger charge is -2.06. The average Bonchev–Trinajstić information content (AvgIpc) is 2.20. The third-order valence-corrected chi connectivity index (χ3v) is 2.47. The molecule has 0 aromatic heterocycles. The second-order valence-electron chi connectivity index (χ2n) is 2.84. The molecule has 1 aromatic carbocycles. The smallest absolute Gasteiger partial charge is 0.120 e. The van der Waals surface area contributed by atoms with E-state index < -0.39 is 0 Å². The van der Waals surface area contributed by atoms with Crippen LogP contribution in [-0.4, -0.2) is 19.7 Å². The summed E-state index contributed by atoms with van der Waals surface area (Å²) in [5.41, 5.74) is 1.10. The van der Waals surface area contributed by atoms with Gasteiger partial charge in [-0.3, -0.25) is 0 Å². The molecule has 0 bridgehead atoms. The second kappa shape index (κ2) is 6.12. The minimum atomic E-state index is 0.466. The van der Waals surface area contributed by atoms with Gasteiger partial charge in [0.25, 0.3) is 0 Å². The van der Waals surface area contributed by atoms with E-state index in [1.165, 1.54) is 0 Å². The van der Waals surface area contributed by atoms with E-state index in [1.54, 1.807) is 7.11 Å². The number of ether oxygens (including phenoxy) is 1. The topological polar surface area (TPSA) is 21.3 Å². The van der Waals surface area contributed by atoms with Crippen LogP contribution in [0.15, 0.2) is 18.2 Å². The molecular weight excluding hydrogens is 221 g/mol. The van der Waals surface area contributed by atoms with E-state index in [0.29, 0.717) is 6.00 Å². The molecule has 0 unspecified atom stereocenters. The van der Waals surface area contributed by atoms with Gasteiger partial charge < -0.3 is 10.1 Å². The summed E-state index contributed by atoms with van der Waals surface area (Å²) in [6.45, 7) is 0.829. The highest BCUT2D eigenvalue weighted by atomic mass is 35.5. The van der Waals surface area contributed by atoms with Gasteiger partial charge in [0.1, 0.15) is 5.75 Å². The lowest BCUT2D eigenvalue weighted by atomic mass is 10.1. The van der Waals surface area contributed by atoms with Gasteiger partial charge in [-0.25, -0.2) is 0 Å². The SMILES string of the molecule is COc1ccc(CCNCCl)c(Cl)c1. The molecule has 0 radical (unpaired) electrons. The summed E-state index contributed by atoms with van der Waals surface area (Å²) in [6, 6.07) is 6.16. The summed E-state index contributed by atoms with van der Waals surface area (Å²) in [4.78, 5) is 0. The Morgan fingerprint density at radius 2 is 2.21 bits per heavy atom. The third kappa shape index (κ3) is 3.37. The van der Waals surface area contributed by atoms with Gasteiger partial charge in [0, 0.05) is 11.6 Å². The molecular formula is C10H13Cl2NO. The first-order valence-electron chi connectivity index (χ1n) is 4.37. The normalized spacial score (nSPS) is 10.2. The van der Waals surface area contributed by atoms with Crippen molar-refractivity contribution in [3.05, 3.63) is 28.8 Å². The summed E-state index contributed by atoms with van der Waals surface area (Å²) in [6.07, 6.45) is 0.871. The number of alkyl halides is 1. The molecule has 0 aliphatic rings. The minimum absolute atomic E-state index is 0.466. The Balaban J connectivity index is 2.59. The van der Waals surface area contributed by atoms with Crippen LogP contribution in [0.25, 0.3) is 0 Å². The molecule has 0 aliphatic carbocycles. The van der Waals surface area contributed by atoms with Gasteiger partial charge in [-0.1, -0.05) is 17.7 Å². The Bertz CT molecular complexity index is 291. The number of nitrogens with one attached hydrogen (secondary N) is 1. The lowest BCUT2D eigenvalue weighted by molar-refractivity contribution is 0.414. The standard InChI is InChI=1S/C10H13Cl2NO/c1-14-9-3-2-8(10(12)6-9)4-5-13-7-11/h2-3,6,13H,4-5,7H2,1H3. The fraction of sp³-hybridized carbons (Fsp3) is 0.400. The van der Waals surface area contributed by atoms with Gasteiger partial charge in [-0.15, -0.1) is 11.6 Å². The molecule has 1 aromatic rings. The van der Waals surface area contributed by atoms with E-state index in [2.05, 4.69) is 5.32 Å². The number of halogens is 2. The number of hydrogen-bond donors (Lipinski definition) is 1. The van der Waals surface area contributed by atoms with Gasteiger partial charge in [-0.2, -0.15) is 0 Å². The molecule has 1 rings (SSSR count). The second-order valence-corrected chi connectivity index (χ2v) is 3.52. The van der Waals surface area contributed by atoms with Crippen molar-refractivity contribution in [1.29, 1.82) is 0 Å². The highest BCUT2D eigenvalue weighted by molar-refractivity contribution is 6.31. The summed E-state index contributed by atoms with van der Waals surface area (Å²) >= 11 is 11.5. The quantitative estimate of drug-likeness (QED) is 0.480. The number of hydrogen-bond acceptors (Lipinski definition) is 2. The fourth-order valence-corrected chi connectivity index (χ4v) is 1.55. The maximum atomic E-state index is 6.05. The molecule has 2 nitrogen and oxygen atoms in total. The Kier molecular flexibility index (Phi) is 5.09. The molecule has 4 heteroatoms. The number of benzene rings is 1. The minimum Gasteiger partial charge on any atom is -0.497 e. The molecule has 0 heterocycles. The van der Waals surface area contributed by atoms with Crippen molar-refractivity contribution < 1.29 is 4.74 Å². The van der Waals surface area contributed by atoms with Crippen LogP contribution in [0.1, 0.15) is 5.56 Å². The van der Waals surface area contributed by atoms with Crippen molar-refractivity contribution in [2.45, 2.75) is 6.42 Å². The van der Waals surface area contributed by atoms with Gasteiger partial charge >= 0.3 is 0 Å². The van der Waals surface area contributed by atoms with Crippen LogP contribution in [0, 0.1) is 0 Å². The van der Waals surface area contributed by atoms with Crippen molar-refractivity contribution in [1.82, 2.24) is 5.32 Å². The highest BCUT2D eigenvalue weighted by Crippen LogP contribution is 2.22. The van der Waals surface area contributed by atoms with E-state index >= 15 is 0 Å². The third-order valence-electron chi connectivity index (χ3n) is 1.93. The summed E-state index contributed by atoms with van der Waals surface area (Å²) in [5.74, 6) is 0.782. The van der Waals surface area contributed by atoms with Crippen LogP contribution >= 0.6 is 23.2 Å². The molecule has 0 atom stereocenters. The first-order chi connectivity index (χ1) is 6.77. The van der Waals surface area contributed by atoms with Gasteiger partial charge in [0.2, 0.25) is 0 Å². The number of rotatable bonds is 5. The molecule has 0 saturated heterocycles. The van der Waals surface area contributed by atoms with Crippen LogP contribution in [-0.2, 0) is 6.42 Å². The first kappa shape index (κ1) is 11.6. The van der Waals surface area contributed by atoms with Crippen molar-refractivity contribution in [3.8, 4) is 5.75 Å². The zero-order valence-electron chi connectivity index (χ0n) is 8.02. The maximum absolute atomic E-state index is 6.05. The molecule has 78 valence electrons. The van der Waals surface area contributed by atoms with Crippen LogP contribution in [0.4, 0.5) is 0 Å². The Morgan fingerprint density at radius 3 is 2.79 bits per heavy atom. The van der Waals surface area contributed by atoms with E-state index in [4.69, 9.17) is 27.9 Å². The maximum Gasteiger partial charge on any atom is 0.120 e. The van der Waals surface area contributed by atoms with Crippen LogP contribution < -0.4 is 10.1 Å². The van der Waals surface area contributed by atoms with E-state index in [1.807, 2.05) is 18.2 Å². The van der Waals surface area contributed by atoms with Crippen molar-refractivity contribution >= 4 is 23.2 Å². The van der Waals surface area contributed by atoms with E-state index in [9.17, 15) is 0 Å². The summed E-state index contributed by atoms with van der Waals surface area (Å²) in [5, 5.41) is 3.76. The van der Waals surface area contributed by atoms with E-state index in [-0.39, 0.29) is 0 Å². The zero-order chi connectivity index (χ0) is 10.4. The average molecular weight is 234 g/mol. The molecule has 0 aliphatic heterocycles. The van der Waals surface area contributed by atoms with Crippen LogP contribution in [0.5, 0.6) is 5.75 Å². The molecule has 0 amide bonds. The first-order valence-corrected chi connectivity index (χ1v) is 5.28. The highest BCUT2D eigenvalue weighted by Gasteiger charge is 2.01. The predicted octanol–water partition coefficient (Wildman–Crippen LogP) is 2.68. The summed E-state index contributed by atoms with van der Waals surface area (Å²) < 4.78 is 5.05. The van der Waals surface area contributed by atoms with Gasteiger partial charge in [0.15, 0.2) is 0 Å². The molecule has 0 saturated carbocycles. The van der Waals surface area contributed by atoms with Crippen LogP contribution in [0.2, 0.25) is 5.02 Å². The fourth-order valence-electron chi connectivity index (χ4n) is 1.15. The largest absolute Gasteiger partial charge is 0.497 e. The Labute approximate surface area is 94.2 Å². The van der Waals surface area contributed by atoms with Crippen molar-refractivity contribution in [2.24, 2.45) is 0 Å². The van der Waals surface area contributed by atoms with Crippen LogP contribution in [0.3, 0.4) is 0 Å². The molecule has 1 N–H and O–H groups in total. The van der Waals surface area contributed by atoms with Gasteiger partial charge in [0.05, 0.1) is 13.1 Å².